The molecule has 3 aromatic rings. The first-order valence-corrected chi connectivity index (χ1v) is 8.65. The first-order chi connectivity index (χ1) is 12.1. The SMILES string of the molecule is C/C(N)=C(\C#N)C(=O)CSc1nc2ccccc2n1-c1ccccc1. The van der Waals surface area contributed by atoms with Crippen LogP contribution in [0.5, 0.6) is 0 Å². The van der Waals surface area contributed by atoms with Crippen molar-refractivity contribution in [3.05, 3.63) is 65.9 Å². The van der Waals surface area contributed by atoms with E-state index in [2.05, 4.69) is 4.98 Å². The molecule has 0 radical (unpaired) electrons. The molecule has 2 aromatic carbocycles. The molecule has 0 amide bonds. The number of fused-ring (bicyclic) bond motifs is 1. The van der Waals surface area contributed by atoms with Gasteiger partial charge in [-0.25, -0.2) is 4.98 Å². The standard InChI is InChI=1S/C19H16N4OS/c1-13(21)15(11-20)18(24)12-25-19-22-16-9-5-6-10-17(16)23(19)14-7-3-2-4-8-14/h2-10H,12,21H2,1H3/b15-13-. The molecule has 0 bridgehead atoms. The number of Topliss-reactive ketones (excluding diaryl/α,β-unsaturated/α-hetero) is 1. The number of carbonyl (C=O) groups excluding carboxylic acids is 1. The molecule has 0 unspecified atom stereocenters. The maximum Gasteiger partial charge on any atom is 0.185 e. The Labute approximate surface area is 149 Å². The van der Waals surface area contributed by atoms with E-state index in [-0.39, 0.29) is 22.8 Å². The van der Waals surface area contributed by atoms with Crippen molar-refractivity contribution in [2.45, 2.75) is 12.1 Å². The third-order valence-electron chi connectivity index (χ3n) is 3.66. The highest BCUT2D eigenvalue weighted by Gasteiger charge is 2.17. The lowest BCUT2D eigenvalue weighted by Crippen LogP contribution is -2.10. The zero-order valence-electron chi connectivity index (χ0n) is 13.6. The Bertz CT molecular complexity index is 995. The van der Waals surface area contributed by atoms with Gasteiger partial charge in [-0.05, 0) is 31.2 Å². The van der Waals surface area contributed by atoms with Gasteiger partial charge in [-0.1, -0.05) is 42.1 Å². The minimum Gasteiger partial charge on any atom is -0.401 e. The molecule has 6 heteroatoms. The van der Waals surface area contributed by atoms with Crippen molar-refractivity contribution in [1.82, 2.24) is 9.55 Å². The topological polar surface area (TPSA) is 84.7 Å². The molecule has 5 nitrogen and oxygen atoms in total. The highest BCUT2D eigenvalue weighted by molar-refractivity contribution is 7.99. The van der Waals surface area contributed by atoms with E-state index in [1.54, 1.807) is 6.92 Å². The zero-order valence-corrected chi connectivity index (χ0v) is 14.5. The average molecular weight is 348 g/mol. The zero-order chi connectivity index (χ0) is 17.8. The summed E-state index contributed by atoms with van der Waals surface area (Å²) in [6, 6.07) is 19.5. The van der Waals surface area contributed by atoms with Gasteiger partial charge in [0.2, 0.25) is 0 Å². The van der Waals surface area contributed by atoms with Crippen LogP contribution in [0.25, 0.3) is 16.7 Å². The van der Waals surface area contributed by atoms with Crippen LogP contribution in [-0.2, 0) is 4.79 Å². The monoisotopic (exact) mass is 348 g/mol. The van der Waals surface area contributed by atoms with Gasteiger partial charge in [0, 0.05) is 11.4 Å². The van der Waals surface area contributed by atoms with Crippen LogP contribution in [0.2, 0.25) is 0 Å². The molecule has 0 spiro atoms. The average Bonchev–Trinajstić information content (AvgIpc) is 2.99. The summed E-state index contributed by atoms with van der Waals surface area (Å²) >= 11 is 1.30. The van der Waals surface area contributed by atoms with E-state index in [1.165, 1.54) is 11.8 Å². The lowest BCUT2D eigenvalue weighted by molar-refractivity contribution is -0.112. The van der Waals surface area contributed by atoms with E-state index in [4.69, 9.17) is 11.0 Å². The third-order valence-corrected chi connectivity index (χ3v) is 4.60. The molecular weight excluding hydrogens is 332 g/mol. The second-order valence-corrected chi connectivity index (χ2v) is 6.38. The van der Waals surface area contributed by atoms with E-state index < -0.39 is 0 Å². The fourth-order valence-corrected chi connectivity index (χ4v) is 3.40. The number of hydrogen-bond acceptors (Lipinski definition) is 5. The van der Waals surface area contributed by atoms with Gasteiger partial charge < -0.3 is 5.73 Å². The van der Waals surface area contributed by atoms with Crippen molar-refractivity contribution in [2.75, 3.05) is 5.75 Å². The number of ketones is 1. The molecule has 0 aliphatic rings. The maximum atomic E-state index is 12.2. The number of hydrogen-bond donors (Lipinski definition) is 1. The summed E-state index contributed by atoms with van der Waals surface area (Å²) in [5.41, 5.74) is 8.65. The van der Waals surface area contributed by atoms with Crippen LogP contribution >= 0.6 is 11.8 Å². The van der Waals surface area contributed by atoms with E-state index >= 15 is 0 Å². The fraction of sp³-hybridized carbons (Fsp3) is 0.105. The van der Waals surface area contributed by atoms with Crippen LogP contribution in [-0.4, -0.2) is 21.1 Å². The number of para-hydroxylation sites is 3. The number of allylic oxidation sites excluding steroid dienone is 2. The number of thioether (sulfide) groups is 1. The van der Waals surface area contributed by atoms with E-state index in [1.807, 2.05) is 65.2 Å². The van der Waals surface area contributed by atoms with Gasteiger partial charge in [-0.3, -0.25) is 9.36 Å². The smallest absolute Gasteiger partial charge is 0.185 e. The van der Waals surface area contributed by atoms with Crippen molar-refractivity contribution in [2.24, 2.45) is 5.73 Å². The molecule has 124 valence electrons. The number of benzene rings is 2. The normalized spacial score (nSPS) is 11.8. The third kappa shape index (κ3) is 3.42. The second kappa shape index (κ2) is 7.24. The highest BCUT2D eigenvalue weighted by atomic mass is 32.2. The quantitative estimate of drug-likeness (QED) is 0.434. The predicted octanol–water partition coefficient (Wildman–Crippen LogP) is 3.44. The Morgan fingerprint density at radius 2 is 1.88 bits per heavy atom. The lowest BCUT2D eigenvalue weighted by atomic mass is 10.2. The molecule has 0 fully saturated rings. The minimum atomic E-state index is -0.292. The Balaban J connectivity index is 1.99. The van der Waals surface area contributed by atoms with Gasteiger partial charge in [0.05, 0.1) is 16.8 Å². The molecule has 1 heterocycles. The number of rotatable bonds is 5. The molecule has 0 atom stereocenters. The predicted molar refractivity (Wildman–Crippen MR) is 99.3 cm³/mol. The van der Waals surface area contributed by atoms with Crippen molar-refractivity contribution in [3.63, 3.8) is 0 Å². The molecule has 3 rings (SSSR count). The number of carbonyl (C=O) groups is 1. The Morgan fingerprint density at radius 1 is 1.20 bits per heavy atom. The van der Waals surface area contributed by atoms with Gasteiger partial charge in [0.15, 0.2) is 10.9 Å². The summed E-state index contributed by atoms with van der Waals surface area (Å²) in [6.07, 6.45) is 0. The van der Waals surface area contributed by atoms with Crippen molar-refractivity contribution >= 4 is 28.6 Å². The molecule has 0 saturated carbocycles. The number of aromatic nitrogens is 2. The summed E-state index contributed by atoms with van der Waals surface area (Å²) in [6.45, 7) is 1.56. The van der Waals surface area contributed by atoms with Crippen LogP contribution in [0.4, 0.5) is 0 Å². The lowest BCUT2D eigenvalue weighted by Gasteiger charge is -2.08. The van der Waals surface area contributed by atoms with Crippen molar-refractivity contribution < 1.29 is 4.79 Å². The summed E-state index contributed by atoms with van der Waals surface area (Å²) in [7, 11) is 0. The molecular formula is C19H16N4OS. The first-order valence-electron chi connectivity index (χ1n) is 7.67. The summed E-state index contributed by atoms with van der Waals surface area (Å²) < 4.78 is 2.01. The number of nitriles is 1. The van der Waals surface area contributed by atoms with Crippen molar-refractivity contribution in [1.29, 1.82) is 5.26 Å². The first kappa shape index (κ1) is 16.8. The summed E-state index contributed by atoms with van der Waals surface area (Å²) in [5.74, 6) is -0.188. The Kier molecular flexibility index (Phi) is 4.87. The number of imidazole rings is 1. The molecule has 2 N–H and O–H groups in total. The van der Waals surface area contributed by atoms with Gasteiger partial charge >= 0.3 is 0 Å². The second-order valence-electron chi connectivity index (χ2n) is 5.44. The van der Waals surface area contributed by atoms with Crippen LogP contribution in [0.1, 0.15) is 6.92 Å². The van der Waals surface area contributed by atoms with Crippen LogP contribution in [0.15, 0.2) is 71.0 Å². The van der Waals surface area contributed by atoms with Gasteiger partial charge in [0.1, 0.15) is 11.6 Å². The number of nitrogens with two attached hydrogens (primary N) is 1. The molecule has 0 saturated heterocycles. The highest BCUT2D eigenvalue weighted by Crippen LogP contribution is 2.28. The number of nitrogens with zero attached hydrogens (tertiary/aromatic N) is 3. The molecule has 25 heavy (non-hydrogen) atoms. The summed E-state index contributed by atoms with van der Waals surface area (Å²) in [5, 5.41) is 9.77. The molecule has 0 aliphatic heterocycles. The molecule has 0 aliphatic carbocycles. The fourth-order valence-electron chi connectivity index (χ4n) is 2.50. The minimum absolute atomic E-state index is 0.00914. The van der Waals surface area contributed by atoms with Gasteiger partial charge in [-0.15, -0.1) is 0 Å². The van der Waals surface area contributed by atoms with E-state index in [9.17, 15) is 4.79 Å². The molecule has 1 aromatic heterocycles. The van der Waals surface area contributed by atoms with Crippen LogP contribution in [0.3, 0.4) is 0 Å². The van der Waals surface area contributed by atoms with Crippen LogP contribution in [0, 0.1) is 11.3 Å². The van der Waals surface area contributed by atoms with E-state index in [0.717, 1.165) is 16.7 Å². The Morgan fingerprint density at radius 3 is 2.56 bits per heavy atom. The van der Waals surface area contributed by atoms with Gasteiger partial charge in [0.25, 0.3) is 0 Å². The summed E-state index contributed by atoms with van der Waals surface area (Å²) in [4.78, 5) is 16.9. The van der Waals surface area contributed by atoms with Gasteiger partial charge in [-0.2, -0.15) is 5.26 Å². The van der Waals surface area contributed by atoms with Crippen LogP contribution < -0.4 is 5.73 Å². The maximum absolute atomic E-state index is 12.2. The Hall–Kier alpha value is -3.04. The van der Waals surface area contributed by atoms with Crippen molar-refractivity contribution in [3.8, 4) is 11.8 Å². The van der Waals surface area contributed by atoms with E-state index in [0.29, 0.717) is 5.16 Å². The largest absolute Gasteiger partial charge is 0.401 e.